The Balaban J connectivity index is 1.93. The van der Waals surface area contributed by atoms with Gasteiger partial charge in [-0.25, -0.2) is 0 Å². The summed E-state index contributed by atoms with van der Waals surface area (Å²) in [6.07, 6.45) is -1.47. The first-order valence-corrected chi connectivity index (χ1v) is 10.5. The molecular formula is C21H16BrF2NO4S. The Hall–Kier alpha value is -2.49. The minimum absolute atomic E-state index is 0.0124. The van der Waals surface area contributed by atoms with Crippen molar-refractivity contribution >= 4 is 33.2 Å². The Morgan fingerprint density at radius 1 is 1.27 bits per heavy atom. The molecule has 0 spiro atoms. The first kappa shape index (κ1) is 20.8. The van der Waals surface area contributed by atoms with E-state index in [0.717, 1.165) is 9.35 Å². The van der Waals surface area contributed by atoms with Crippen molar-refractivity contribution in [3.63, 3.8) is 0 Å². The Kier molecular flexibility index (Phi) is 5.77. The van der Waals surface area contributed by atoms with Crippen LogP contribution in [0.1, 0.15) is 28.2 Å². The Morgan fingerprint density at radius 2 is 2.07 bits per heavy atom. The summed E-state index contributed by atoms with van der Waals surface area (Å²) >= 11 is 5.02. The number of hydrogen-bond donors (Lipinski definition) is 1. The lowest BCUT2D eigenvalue weighted by molar-refractivity contribution is -0.128. The standard InChI is InChI=1S/C21H16BrF2NO4S/c1-27-17(20(25)26)10-5-6-11-12(9-10)18(19-13(22)7-8-30-19)28-14-3-2-4-15(16(11)14)29-21(23)24/h2-9,17-18,21H,1H3,(H2,25,26). The number of thiophene rings is 1. The van der Waals surface area contributed by atoms with E-state index in [1.54, 1.807) is 30.3 Å². The molecular weight excluding hydrogens is 480 g/mol. The predicted octanol–water partition coefficient (Wildman–Crippen LogP) is 5.43. The van der Waals surface area contributed by atoms with Gasteiger partial charge in [-0.1, -0.05) is 18.2 Å². The molecule has 1 aliphatic heterocycles. The lowest BCUT2D eigenvalue weighted by Crippen LogP contribution is -2.23. The van der Waals surface area contributed by atoms with Gasteiger partial charge in [0.05, 0.1) is 10.4 Å². The lowest BCUT2D eigenvalue weighted by atomic mass is 9.89. The zero-order valence-corrected chi connectivity index (χ0v) is 18.0. The Labute approximate surface area is 183 Å². The summed E-state index contributed by atoms with van der Waals surface area (Å²) in [4.78, 5) is 12.7. The number of halogens is 3. The highest BCUT2D eigenvalue weighted by molar-refractivity contribution is 9.10. The van der Waals surface area contributed by atoms with E-state index in [0.29, 0.717) is 28.0 Å². The van der Waals surface area contributed by atoms with Crippen molar-refractivity contribution in [2.24, 2.45) is 5.73 Å². The number of rotatable bonds is 6. The highest BCUT2D eigenvalue weighted by Crippen LogP contribution is 2.51. The molecule has 5 nitrogen and oxygen atoms in total. The quantitative estimate of drug-likeness (QED) is 0.494. The van der Waals surface area contributed by atoms with Gasteiger partial charge >= 0.3 is 6.61 Å². The van der Waals surface area contributed by atoms with Crippen LogP contribution in [0.3, 0.4) is 0 Å². The third-order valence-corrected chi connectivity index (χ3v) is 6.67. The van der Waals surface area contributed by atoms with Gasteiger partial charge in [-0.15, -0.1) is 11.3 Å². The number of methoxy groups -OCH3 is 1. The fraction of sp³-hybridized carbons (Fsp3) is 0.190. The number of fused-ring (bicyclic) bond motifs is 3. The van der Waals surface area contributed by atoms with Crippen molar-refractivity contribution in [2.75, 3.05) is 7.11 Å². The van der Waals surface area contributed by atoms with Gasteiger partial charge in [0, 0.05) is 17.1 Å². The number of hydrogen-bond acceptors (Lipinski definition) is 5. The molecule has 2 aromatic carbocycles. The summed E-state index contributed by atoms with van der Waals surface area (Å²) in [5, 5.41) is 1.92. The number of alkyl halides is 2. The average Bonchev–Trinajstić information content (AvgIpc) is 3.13. The SMILES string of the molecule is COC(C(N)=O)c1ccc2c(c1)C(c1sccc1Br)Oc1cccc(OC(F)F)c1-2. The molecule has 30 heavy (non-hydrogen) atoms. The van der Waals surface area contributed by atoms with Crippen molar-refractivity contribution in [3.05, 3.63) is 68.3 Å². The van der Waals surface area contributed by atoms with Crippen LogP contribution < -0.4 is 15.2 Å². The fourth-order valence-corrected chi connectivity index (χ4v) is 5.18. The molecule has 1 amide bonds. The van der Waals surface area contributed by atoms with Gasteiger partial charge in [0.25, 0.3) is 5.91 Å². The molecule has 0 saturated heterocycles. The van der Waals surface area contributed by atoms with Crippen LogP contribution in [0.25, 0.3) is 11.1 Å². The van der Waals surface area contributed by atoms with Crippen LogP contribution >= 0.6 is 27.3 Å². The third kappa shape index (κ3) is 3.68. The summed E-state index contributed by atoms with van der Waals surface area (Å²) in [7, 11) is 1.39. The molecule has 3 aromatic rings. The van der Waals surface area contributed by atoms with Crippen molar-refractivity contribution in [3.8, 4) is 22.6 Å². The summed E-state index contributed by atoms with van der Waals surface area (Å²) in [6, 6.07) is 11.9. The number of amides is 1. The minimum Gasteiger partial charge on any atom is -0.479 e. The van der Waals surface area contributed by atoms with Crippen molar-refractivity contribution in [1.29, 1.82) is 0 Å². The molecule has 0 bridgehead atoms. The van der Waals surface area contributed by atoms with Crippen LogP contribution in [0.5, 0.6) is 11.5 Å². The van der Waals surface area contributed by atoms with Crippen LogP contribution in [-0.2, 0) is 9.53 Å². The largest absolute Gasteiger partial charge is 0.479 e. The van der Waals surface area contributed by atoms with Gasteiger partial charge < -0.3 is 19.9 Å². The summed E-state index contributed by atoms with van der Waals surface area (Å²) in [5.41, 5.74) is 7.79. The highest BCUT2D eigenvalue weighted by atomic mass is 79.9. The van der Waals surface area contributed by atoms with E-state index in [2.05, 4.69) is 15.9 Å². The topological polar surface area (TPSA) is 70.8 Å². The second kappa shape index (κ2) is 8.33. The van der Waals surface area contributed by atoms with E-state index in [4.69, 9.17) is 19.9 Å². The van der Waals surface area contributed by atoms with Crippen molar-refractivity contribution < 1.29 is 27.8 Å². The number of nitrogens with two attached hydrogens (primary N) is 1. The first-order valence-electron chi connectivity index (χ1n) is 8.84. The Morgan fingerprint density at radius 3 is 2.70 bits per heavy atom. The third-order valence-electron chi connectivity index (χ3n) is 4.76. The van der Waals surface area contributed by atoms with Gasteiger partial charge in [-0.05, 0) is 56.7 Å². The maximum atomic E-state index is 13.0. The molecule has 2 unspecified atom stereocenters. The zero-order chi connectivity index (χ0) is 21.4. The summed E-state index contributed by atoms with van der Waals surface area (Å²) in [5.74, 6) is -0.194. The van der Waals surface area contributed by atoms with E-state index in [-0.39, 0.29) is 5.75 Å². The van der Waals surface area contributed by atoms with Gasteiger partial charge in [-0.3, -0.25) is 4.79 Å². The van der Waals surface area contributed by atoms with E-state index < -0.39 is 24.7 Å². The first-order chi connectivity index (χ1) is 14.4. The average molecular weight is 496 g/mol. The number of primary amides is 1. The zero-order valence-electron chi connectivity index (χ0n) is 15.6. The van der Waals surface area contributed by atoms with Gasteiger partial charge in [-0.2, -0.15) is 8.78 Å². The van der Waals surface area contributed by atoms with Crippen LogP contribution in [0.4, 0.5) is 8.78 Å². The van der Waals surface area contributed by atoms with Gasteiger partial charge in [0.15, 0.2) is 12.2 Å². The second-order valence-corrected chi connectivity index (χ2v) is 8.31. The molecule has 4 rings (SSSR count). The molecule has 0 aliphatic carbocycles. The maximum absolute atomic E-state index is 13.0. The van der Waals surface area contributed by atoms with E-state index in [1.165, 1.54) is 24.5 Å². The number of carbonyl (C=O) groups is 1. The van der Waals surface area contributed by atoms with Gasteiger partial charge in [0.1, 0.15) is 11.5 Å². The van der Waals surface area contributed by atoms with E-state index in [9.17, 15) is 13.6 Å². The normalized spacial score (nSPS) is 15.8. The van der Waals surface area contributed by atoms with Crippen LogP contribution in [0, 0.1) is 0 Å². The van der Waals surface area contributed by atoms with Crippen LogP contribution in [0.2, 0.25) is 0 Å². The lowest BCUT2D eigenvalue weighted by Gasteiger charge is -2.30. The fourth-order valence-electron chi connectivity index (χ4n) is 3.55. The number of benzene rings is 2. The summed E-state index contributed by atoms with van der Waals surface area (Å²) < 4.78 is 43.0. The Bertz CT molecular complexity index is 1100. The number of carbonyl (C=O) groups excluding carboxylic acids is 1. The molecule has 0 saturated carbocycles. The monoisotopic (exact) mass is 495 g/mol. The molecule has 9 heteroatoms. The minimum atomic E-state index is -2.98. The second-order valence-electron chi connectivity index (χ2n) is 6.50. The molecule has 2 heterocycles. The maximum Gasteiger partial charge on any atom is 0.387 e. The summed E-state index contributed by atoms with van der Waals surface area (Å²) in [6.45, 7) is -2.98. The van der Waals surface area contributed by atoms with E-state index >= 15 is 0 Å². The molecule has 156 valence electrons. The van der Waals surface area contributed by atoms with Crippen molar-refractivity contribution in [1.82, 2.24) is 0 Å². The van der Waals surface area contributed by atoms with Crippen LogP contribution in [0.15, 0.2) is 52.3 Å². The molecule has 0 radical (unpaired) electrons. The molecule has 2 N–H and O–H groups in total. The predicted molar refractivity (Wildman–Crippen MR) is 112 cm³/mol. The molecule has 2 atom stereocenters. The molecule has 1 aliphatic rings. The smallest absolute Gasteiger partial charge is 0.387 e. The van der Waals surface area contributed by atoms with Crippen LogP contribution in [-0.4, -0.2) is 19.6 Å². The number of ether oxygens (including phenoxy) is 3. The van der Waals surface area contributed by atoms with E-state index in [1.807, 2.05) is 11.4 Å². The molecule has 0 fully saturated rings. The van der Waals surface area contributed by atoms with Gasteiger partial charge in [0.2, 0.25) is 0 Å². The van der Waals surface area contributed by atoms with Crippen molar-refractivity contribution in [2.45, 2.75) is 18.8 Å². The molecule has 1 aromatic heterocycles. The highest BCUT2D eigenvalue weighted by Gasteiger charge is 2.33.